The lowest BCUT2D eigenvalue weighted by molar-refractivity contribution is 0.122. The number of hydrogen-bond acceptors (Lipinski definition) is 9. The van der Waals surface area contributed by atoms with E-state index in [4.69, 9.17) is 4.74 Å². The standard InChI is InChI=1S/C18H18F2N10O/c1-28-13(10-21-27-28)23-16-24-17(29-6-8-31-9-7-29)26-18(25-16)30-12-5-3-2-4-11(12)22-15(30)14(19)20/h2-5,10,14H,6-9H2,1H3,(H,23,24,25,26). The predicted molar refractivity (Wildman–Crippen MR) is 107 cm³/mol. The summed E-state index contributed by atoms with van der Waals surface area (Å²) in [4.78, 5) is 19.4. The largest absolute Gasteiger partial charge is 0.378 e. The van der Waals surface area contributed by atoms with Gasteiger partial charge in [0.05, 0.1) is 30.4 Å². The molecule has 0 atom stereocenters. The van der Waals surface area contributed by atoms with Crippen LogP contribution in [-0.4, -0.2) is 65.8 Å². The molecule has 1 saturated heterocycles. The molecule has 13 heteroatoms. The second kappa shape index (κ2) is 7.83. The minimum Gasteiger partial charge on any atom is -0.378 e. The van der Waals surface area contributed by atoms with Crippen molar-refractivity contribution in [2.75, 3.05) is 36.5 Å². The third-order valence-corrected chi connectivity index (χ3v) is 4.84. The Kier molecular flexibility index (Phi) is 4.86. The summed E-state index contributed by atoms with van der Waals surface area (Å²) in [6.07, 6.45) is -1.30. The second-order valence-corrected chi connectivity index (χ2v) is 6.82. The maximum atomic E-state index is 13.8. The quantitative estimate of drug-likeness (QED) is 0.509. The highest BCUT2D eigenvalue weighted by Gasteiger charge is 2.24. The number of morpholine rings is 1. The molecule has 0 amide bonds. The van der Waals surface area contributed by atoms with E-state index in [1.54, 1.807) is 31.3 Å². The second-order valence-electron chi connectivity index (χ2n) is 6.82. The van der Waals surface area contributed by atoms with Crippen LogP contribution in [0.25, 0.3) is 17.0 Å². The van der Waals surface area contributed by atoms with E-state index < -0.39 is 12.2 Å². The first kappa shape index (κ1) is 19.2. The molecule has 0 spiro atoms. The minimum absolute atomic E-state index is 0.0399. The third-order valence-electron chi connectivity index (χ3n) is 4.84. The molecule has 1 N–H and O–H groups in total. The molecule has 0 bridgehead atoms. The maximum absolute atomic E-state index is 13.8. The van der Waals surface area contributed by atoms with E-state index >= 15 is 0 Å². The molecule has 31 heavy (non-hydrogen) atoms. The average Bonchev–Trinajstić information content (AvgIpc) is 3.38. The molecule has 1 aliphatic rings. The summed E-state index contributed by atoms with van der Waals surface area (Å²) in [5, 5.41) is 10.7. The molecular formula is C18H18F2N10O. The number of fused-ring (bicyclic) bond motifs is 1. The molecule has 4 aromatic rings. The summed E-state index contributed by atoms with van der Waals surface area (Å²) in [5.41, 5.74) is 0.904. The summed E-state index contributed by atoms with van der Waals surface area (Å²) in [6.45, 7) is 2.18. The van der Waals surface area contributed by atoms with Gasteiger partial charge in [-0.05, 0) is 12.1 Å². The lowest BCUT2D eigenvalue weighted by Gasteiger charge is -2.27. The number of nitrogens with one attached hydrogen (secondary N) is 1. The normalized spacial score (nSPS) is 14.5. The highest BCUT2D eigenvalue weighted by Crippen LogP contribution is 2.28. The lowest BCUT2D eigenvalue weighted by Crippen LogP contribution is -2.37. The fourth-order valence-corrected chi connectivity index (χ4v) is 3.33. The van der Waals surface area contributed by atoms with Crippen molar-refractivity contribution in [3.63, 3.8) is 0 Å². The number of aromatic nitrogens is 8. The summed E-state index contributed by atoms with van der Waals surface area (Å²) < 4.78 is 35.9. The molecule has 5 rings (SSSR count). The third kappa shape index (κ3) is 3.63. The molecule has 3 aromatic heterocycles. The fraction of sp³-hybridized carbons (Fsp3) is 0.333. The van der Waals surface area contributed by atoms with Gasteiger partial charge in [-0.2, -0.15) is 15.0 Å². The van der Waals surface area contributed by atoms with E-state index in [1.807, 2.05) is 4.90 Å². The number of hydrogen-bond donors (Lipinski definition) is 1. The van der Waals surface area contributed by atoms with E-state index in [0.29, 0.717) is 49.1 Å². The van der Waals surface area contributed by atoms with Gasteiger partial charge in [0.15, 0.2) is 11.6 Å². The zero-order valence-electron chi connectivity index (χ0n) is 16.5. The zero-order valence-corrected chi connectivity index (χ0v) is 16.5. The topological polar surface area (TPSA) is 112 Å². The lowest BCUT2D eigenvalue weighted by atomic mass is 10.3. The van der Waals surface area contributed by atoms with Gasteiger partial charge in [-0.1, -0.05) is 17.3 Å². The minimum atomic E-state index is -2.81. The summed E-state index contributed by atoms with van der Waals surface area (Å²) in [6, 6.07) is 6.86. The zero-order chi connectivity index (χ0) is 21.4. The van der Waals surface area contributed by atoms with Gasteiger partial charge in [0.1, 0.15) is 0 Å². The Morgan fingerprint density at radius 3 is 2.55 bits per heavy atom. The van der Waals surface area contributed by atoms with E-state index in [-0.39, 0.29) is 11.9 Å². The number of anilines is 3. The molecule has 4 heterocycles. The van der Waals surface area contributed by atoms with Crippen molar-refractivity contribution in [2.24, 2.45) is 7.05 Å². The van der Waals surface area contributed by atoms with Crippen molar-refractivity contribution in [1.82, 2.24) is 39.5 Å². The van der Waals surface area contributed by atoms with Crippen LogP contribution in [0.5, 0.6) is 0 Å². The Morgan fingerprint density at radius 1 is 1.03 bits per heavy atom. The van der Waals surface area contributed by atoms with Crippen LogP contribution in [-0.2, 0) is 11.8 Å². The average molecular weight is 428 g/mol. The summed E-state index contributed by atoms with van der Waals surface area (Å²) >= 11 is 0. The van der Waals surface area contributed by atoms with Crippen molar-refractivity contribution >= 4 is 28.7 Å². The molecule has 0 radical (unpaired) electrons. The van der Waals surface area contributed by atoms with Crippen molar-refractivity contribution in [2.45, 2.75) is 6.43 Å². The number of benzene rings is 1. The highest BCUT2D eigenvalue weighted by atomic mass is 19.3. The maximum Gasteiger partial charge on any atom is 0.296 e. The van der Waals surface area contributed by atoms with Gasteiger partial charge in [-0.3, -0.25) is 4.57 Å². The molecule has 160 valence electrons. The van der Waals surface area contributed by atoms with Gasteiger partial charge >= 0.3 is 0 Å². The van der Waals surface area contributed by atoms with E-state index in [9.17, 15) is 8.78 Å². The van der Waals surface area contributed by atoms with Crippen LogP contribution in [0.3, 0.4) is 0 Å². The summed E-state index contributed by atoms with van der Waals surface area (Å²) in [5.74, 6) is 0.667. The number of imidazole rings is 1. The van der Waals surface area contributed by atoms with E-state index in [2.05, 4.69) is 35.6 Å². The molecule has 0 saturated carbocycles. The number of alkyl halides is 2. The fourth-order valence-electron chi connectivity index (χ4n) is 3.33. The highest BCUT2D eigenvalue weighted by molar-refractivity contribution is 5.77. The van der Waals surface area contributed by atoms with Crippen LogP contribution in [0.2, 0.25) is 0 Å². The van der Waals surface area contributed by atoms with Gasteiger partial charge in [0, 0.05) is 20.1 Å². The molecule has 0 unspecified atom stereocenters. The Hall–Kier alpha value is -3.74. The van der Waals surface area contributed by atoms with Crippen molar-refractivity contribution < 1.29 is 13.5 Å². The number of nitrogens with zero attached hydrogens (tertiary/aromatic N) is 9. The van der Waals surface area contributed by atoms with Crippen LogP contribution in [0.1, 0.15) is 12.2 Å². The van der Waals surface area contributed by atoms with Crippen LogP contribution in [0.15, 0.2) is 30.5 Å². The predicted octanol–water partition coefficient (Wildman–Crippen LogP) is 1.86. The molecule has 1 fully saturated rings. The van der Waals surface area contributed by atoms with Gasteiger partial charge in [-0.15, -0.1) is 5.10 Å². The SMILES string of the molecule is Cn1nncc1Nc1nc(N2CCOCC2)nc(-n2c(C(F)F)nc3ccccc32)n1. The van der Waals surface area contributed by atoms with Gasteiger partial charge < -0.3 is 15.0 Å². The number of para-hydroxylation sites is 2. The molecule has 11 nitrogen and oxygen atoms in total. The smallest absolute Gasteiger partial charge is 0.296 e. The Balaban J connectivity index is 1.67. The van der Waals surface area contributed by atoms with Crippen molar-refractivity contribution in [3.05, 3.63) is 36.3 Å². The van der Waals surface area contributed by atoms with E-state index in [0.717, 1.165) is 0 Å². The number of rotatable bonds is 5. The first-order valence-corrected chi connectivity index (χ1v) is 9.56. The first-order chi connectivity index (χ1) is 15.1. The number of halogens is 2. The Morgan fingerprint density at radius 2 is 1.81 bits per heavy atom. The van der Waals surface area contributed by atoms with Crippen LogP contribution in [0, 0.1) is 0 Å². The van der Waals surface area contributed by atoms with Gasteiger partial charge in [0.2, 0.25) is 17.8 Å². The molecule has 1 aliphatic heterocycles. The molecular weight excluding hydrogens is 410 g/mol. The Bertz CT molecular complexity index is 1220. The molecule has 1 aromatic carbocycles. The summed E-state index contributed by atoms with van der Waals surface area (Å²) in [7, 11) is 1.71. The van der Waals surface area contributed by atoms with Gasteiger partial charge in [-0.25, -0.2) is 18.4 Å². The number of ether oxygens (including phenoxy) is 1. The monoisotopic (exact) mass is 428 g/mol. The van der Waals surface area contributed by atoms with Crippen molar-refractivity contribution in [1.29, 1.82) is 0 Å². The first-order valence-electron chi connectivity index (χ1n) is 9.56. The van der Waals surface area contributed by atoms with E-state index in [1.165, 1.54) is 15.4 Å². The van der Waals surface area contributed by atoms with Gasteiger partial charge in [0.25, 0.3) is 6.43 Å². The Labute approximate surface area is 174 Å². The van der Waals surface area contributed by atoms with Crippen LogP contribution >= 0.6 is 0 Å². The van der Waals surface area contributed by atoms with Crippen molar-refractivity contribution in [3.8, 4) is 5.95 Å². The number of aryl methyl sites for hydroxylation is 1. The van der Waals surface area contributed by atoms with Crippen LogP contribution in [0.4, 0.5) is 26.5 Å². The molecule has 0 aliphatic carbocycles. The van der Waals surface area contributed by atoms with Crippen LogP contribution < -0.4 is 10.2 Å².